The van der Waals surface area contributed by atoms with E-state index < -0.39 is 15.7 Å². The molecule has 7 heteroatoms. The minimum Gasteiger partial charge on any atom is -0.384 e. The second-order valence-corrected chi connectivity index (χ2v) is 5.93. The normalized spacial score (nSPS) is 11.1. The molecule has 1 aromatic rings. The molecule has 1 amide bonds. The van der Waals surface area contributed by atoms with Crippen LogP contribution in [0.1, 0.15) is 17.4 Å². The molecular weight excluding hydrogens is 242 g/mol. The van der Waals surface area contributed by atoms with Crippen molar-refractivity contribution in [1.29, 1.82) is 0 Å². The van der Waals surface area contributed by atoms with Gasteiger partial charge in [-0.1, -0.05) is 6.92 Å². The van der Waals surface area contributed by atoms with Gasteiger partial charge in [0, 0.05) is 24.2 Å². The van der Waals surface area contributed by atoms with Crippen molar-refractivity contribution < 1.29 is 13.2 Å². The average Bonchev–Trinajstić information content (AvgIpc) is 2.29. The number of sulfone groups is 1. The molecule has 1 rings (SSSR count). The van der Waals surface area contributed by atoms with Gasteiger partial charge in [0.2, 0.25) is 0 Å². The average molecular weight is 257 g/mol. The lowest BCUT2D eigenvalue weighted by atomic mass is 10.3. The Morgan fingerprint density at radius 1 is 1.53 bits per heavy atom. The zero-order chi connectivity index (χ0) is 12.9. The lowest BCUT2D eigenvalue weighted by Gasteiger charge is -2.06. The quantitative estimate of drug-likeness (QED) is 0.748. The first kappa shape index (κ1) is 13.4. The highest BCUT2D eigenvalue weighted by Crippen LogP contribution is 2.07. The maximum atomic E-state index is 11.2. The summed E-state index contributed by atoms with van der Waals surface area (Å²) in [6.07, 6.45) is 1.44. The van der Waals surface area contributed by atoms with Crippen molar-refractivity contribution in [3.05, 3.63) is 24.0 Å². The summed E-state index contributed by atoms with van der Waals surface area (Å²) in [4.78, 5) is 14.6. The molecule has 0 saturated heterocycles. The second-order valence-electron chi connectivity index (χ2n) is 3.46. The minimum atomic E-state index is -2.99. The van der Waals surface area contributed by atoms with Crippen LogP contribution >= 0.6 is 0 Å². The van der Waals surface area contributed by atoms with E-state index in [2.05, 4.69) is 10.3 Å². The summed E-state index contributed by atoms with van der Waals surface area (Å²) in [5.41, 5.74) is 5.85. The van der Waals surface area contributed by atoms with Crippen LogP contribution in [-0.4, -0.2) is 37.4 Å². The Hall–Kier alpha value is -1.63. The second kappa shape index (κ2) is 5.62. The van der Waals surface area contributed by atoms with E-state index in [-0.39, 0.29) is 17.2 Å². The molecule has 3 N–H and O–H groups in total. The number of carbonyl (C=O) groups is 1. The van der Waals surface area contributed by atoms with Crippen molar-refractivity contribution in [1.82, 2.24) is 4.98 Å². The molecule has 1 heterocycles. The van der Waals surface area contributed by atoms with Crippen LogP contribution in [0.15, 0.2) is 18.3 Å². The first-order valence-corrected chi connectivity index (χ1v) is 6.97. The molecular formula is C10H15N3O3S. The molecule has 6 nitrogen and oxygen atoms in total. The zero-order valence-corrected chi connectivity index (χ0v) is 10.3. The number of aromatic nitrogens is 1. The van der Waals surface area contributed by atoms with Crippen molar-refractivity contribution in [2.45, 2.75) is 6.92 Å². The van der Waals surface area contributed by atoms with E-state index in [1.54, 1.807) is 13.0 Å². The summed E-state index contributed by atoms with van der Waals surface area (Å²) >= 11 is 0. The fourth-order valence-corrected chi connectivity index (χ4v) is 1.87. The van der Waals surface area contributed by atoms with Gasteiger partial charge in [-0.25, -0.2) is 8.42 Å². The topological polar surface area (TPSA) is 102 Å². The van der Waals surface area contributed by atoms with E-state index >= 15 is 0 Å². The van der Waals surface area contributed by atoms with Gasteiger partial charge >= 0.3 is 0 Å². The Bertz CT molecular complexity index is 499. The van der Waals surface area contributed by atoms with E-state index in [0.717, 1.165) is 0 Å². The molecule has 0 aliphatic rings. The van der Waals surface area contributed by atoms with Gasteiger partial charge in [0.05, 0.1) is 5.75 Å². The third-order valence-corrected chi connectivity index (χ3v) is 3.90. The molecule has 0 atom stereocenters. The molecule has 0 fully saturated rings. The van der Waals surface area contributed by atoms with Crippen molar-refractivity contribution >= 4 is 21.4 Å². The number of amides is 1. The van der Waals surface area contributed by atoms with Crippen LogP contribution < -0.4 is 11.1 Å². The van der Waals surface area contributed by atoms with Crippen LogP contribution in [0.4, 0.5) is 5.69 Å². The number of nitrogens with two attached hydrogens (primary N) is 1. The summed E-state index contributed by atoms with van der Waals surface area (Å²) in [7, 11) is -2.99. The van der Waals surface area contributed by atoms with Crippen LogP contribution in [0.3, 0.4) is 0 Å². The predicted octanol–water partition coefficient (Wildman–Crippen LogP) is 0.0271. The third kappa shape index (κ3) is 4.39. The van der Waals surface area contributed by atoms with Crippen LogP contribution in [0, 0.1) is 0 Å². The molecule has 0 radical (unpaired) electrons. The maximum Gasteiger partial charge on any atom is 0.267 e. The Morgan fingerprint density at radius 2 is 2.24 bits per heavy atom. The van der Waals surface area contributed by atoms with Crippen LogP contribution in [0.5, 0.6) is 0 Å². The fraction of sp³-hybridized carbons (Fsp3) is 0.400. The lowest BCUT2D eigenvalue weighted by molar-refractivity contribution is 0.0995. The number of hydrogen-bond acceptors (Lipinski definition) is 5. The monoisotopic (exact) mass is 257 g/mol. The van der Waals surface area contributed by atoms with Crippen LogP contribution in [0.25, 0.3) is 0 Å². The van der Waals surface area contributed by atoms with Crippen molar-refractivity contribution in [3.8, 4) is 0 Å². The SMILES string of the molecule is CCS(=O)(=O)CCNc1ccnc(C(N)=O)c1. The predicted molar refractivity (Wildman–Crippen MR) is 65.6 cm³/mol. The van der Waals surface area contributed by atoms with Gasteiger partial charge in [0.15, 0.2) is 9.84 Å². The van der Waals surface area contributed by atoms with Gasteiger partial charge in [-0.15, -0.1) is 0 Å². The van der Waals surface area contributed by atoms with Gasteiger partial charge in [-0.2, -0.15) is 0 Å². The summed E-state index contributed by atoms with van der Waals surface area (Å²) < 4.78 is 22.5. The van der Waals surface area contributed by atoms with E-state index in [0.29, 0.717) is 12.2 Å². The molecule has 0 saturated carbocycles. The Balaban J connectivity index is 2.58. The van der Waals surface area contributed by atoms with E-state index in [9.17, 15) is 13.2 Å². The number of pyridine rings is 1. The third-order valence-electron chi connectivity index (χ3n) is 2.19. The van der Waals surface area contributed by atoms with E-state index in [4.69, 9.17) is 5.73 Å². The Kier molecular flexibility index (Phi) is 4.45. The fourth-order valence-electron chi connectivity index (χ4n) is 1.17. The standard InChI is InChI=1S/C10H15N3O3S/c1-2-17(15,16)6-5-12-8-3-4-13-9(7-8)10(11)14/h3-4,7H,2,5-6H2,1H3,(H2,11,14)(H,12,13). The van der Waals surface area contributed by atoms with Gasteiger partial charge in [0.1, 0.15) is 5.69 Å². The number of primary amides is 1. The Labute approximate surface area is 100 Å². The first-order chi connectivity index (χ1) is 7.94. The highest BCUT2D eigenvalue weighted by Gasteiger charge is 2.07. The first-order valence-electron chi connectivity index (χ1n) is 5.15. The van der Waals surface area contributed by atoms with Gasteiger partial charge in [-0.05, 0) is 12.1 Å². The number of nitrogens with zero attached hydrogens (tertiary/aromatic N) is 1. The molecule has 94 valence electrons. The molecule has 0 aromatic carbocycles. The van der Waals surface area contributed by atoms with Gasteiger partial charge < -0.3 is 11.1 Å². The van der Waals surface area contributed by atoms with E-state index in [1.807, 2.05) is 0 Å². The van der Waals surface area contributed by atoms with Gasteiger partial charge in [-0.3, -0.25) is 9.78 Å². The number of carbonyl (C=O) groups excluding carboxylic acids is 1. The van der Waals surface area contributed by atoms with Crippen molar-refractivity contribution in [3.63, 3.8) is 0 Å². The number of nitrogens with one attached hydrogen (secondary N) is 1. The smallest absolute Gasteiger partial charge is 0.267 e. The highest BCUT2D eigenvalue weighted by atomic mass is 32.2. The molecule has 0 spiro atoms. The van der Waals surface area contributed by atoms with E-state index in [1.165, 1.54) is 12.3 Å². The molecule has 0 aliphatic heterocycles. The minimum absolute atomic E-state index is 0.0533. The summed E-state index contributed by atoms with van der Waals surface area (Å²) in [6.45, 7) is 1.89. The largest absolute Gasteiger partial charge is 0.384 e. The summed E-state index contributed by atoms with van der Waals surface area (Å²) in [6, 6.07) is 3.13. The zero-order valence-electron chi connectivity index (χ0n) is 9.51. The molecule has 1 aromatic heterocycles. The van der Waals surface area contributed by atoms with Gasteiger partial charge in [0.25, 0.3) is 5.91 Å². The molecule has 0 aliphatic carbocycles. The lowest BCUT2D eigenvalue weighted by Crippen LogP contribution is -2.18. The number of hydrogen-bond donors (Lipinski definition) is 2. The van der Waals surface area contributed by atoms with Crippen molar-refractivity contribution in [2.75, 3.05) is 23.4 Å². The molecule has 0 bridgehead atoms. The van der Waals surface area contributed by atoms with Crippen molar-refractivity contribution in [2.24, 2.45) is 5.73 Å². The van der Waals surface area contributed by atoms with Crippen LogP contribution in [0.2, 0.25) is 0 Å². The van der Waals surface area contributed by atoms with Crippen LogP contribution in [-0.2, 0) is 9.84 Å². The number of rotatable bonds is 6. The summed E-state index contributed by atoms with van der Waals surface area (Å²) in [5.74, 6) is -0.440. The molecule has 0 unspecified atom stereocenters. The Morgan fingerprint density at radius 3 is 2.82 bits per heavy atom. The summed E-state index contributed by atoms with van der Waals surface area (Å²) in [5, 5.41) is 2.90. The number of anilines is 1. The molecule has 17 heavy (non-hydrogen) atoms. The maximum absolute atomic E-state index is 11.2. The highest BCUT2D eigenvalue weighted by molar-refractivity contribution is 7.91.